The van der Waals surface area contributed by atoms with E-state index in [-0.39, 0.29) is 5.97 Å². The molecular weight excluding hydrogens is 282 g/mol. The van der Waals surface area contributed by atoms with Crippen molar-refractivity contribution in [2.75, 3.05) is 19.9 Å². The number of thioether (sulfide) groups is 1. The van der Waals surface area contributed by atoms with Crippen LogP contribution in [-0.2, 0) is 22.4 Å². The summed E-state index contributed by atoms with van der Waals surface area (Å²) in [6.45, 7) is 1.90. The molecule has 0 aliphatic heterocycles. The zero-order valence-electron chi connectivity index (χ0n) is 13.2. The molecule has 0 bridgehead atoms. The second-order valence-electron chi connectivity index (χ2n) is 5.81. The van der Waals surface area contributed by atoms with Gasteiger partial charge in [-0.25, -0.2) is 0 Å². The summed E-state index contributed by atoms with van der Waals surface area (Å²) in [4.78, 5) is 13.1. The lowest BCUT2D eigenvalue weighted by Crippen LogP contribution is -2.48. The molecule has 0 saturated carbocycles. The van der Waals surface area contributed by atoms with Gasteiger partial charge in [0.2, 0.25) is 0 Å². The van der Waals surface area contributed by atoms with Gasteiger partial charge in [-0.1, -0.05) is 6.07 Å². The number of carbonyl (C=O) groups is 1. The number of rotatable bonds is 7. The van der Waals surface area contributed by atoms with Gasteiger partial charge in [-0.05, 0) is 75.1 Å². The number of hydrogen-bond donors (Lipinski definition) is 1. The Hall–Kier alpha value is -1.00. The molecule has 0 spiro atoms. The number of likely N-dealkylation sites (N-methyl/N-ethyl adjacent to an activating group) is 1. The molecule has 0 saturated heterocycles. The molecule has 21 heavy (non-hydrogen) atoms. The van der Waals surface area contributed by atoms with Crippen LogP contribution in [-0.4, -0.2) is 31.4 Å². The van der Waals surface area contributed by atoms with E-state index in [1.54, 1.807) is 0 Å². The lowest BCUT2D eigenvalue weighted by Gasteiger charge is -2.25. The molecule has 2 rings (SSSR count). The molecule has 0 radical (unpaired) electrons. The summed E-state index contributed by atoms with van der Waals surface area (Å²) in [5, 5.41) is 3.08. The molecule has 116 valence electrons. The fourth-order valence-electron chi connectivity index (χ4n) is 2.81. The number of ether oxygens (including phenoxy) is 1. The molecule has 1 unspecified atom stereocenters. The number of hydrogen-bond acceptors (Lipinski definition) is 4. The van der Waals surface area contributed by atoms with Crippen molar-refractivity contribution in [3.63, 3.8) is 0 Å². The van der Waals surface area contributed by atoms with Crippen LogP contribution in [0, 0.1) is 0 Å². The Balaban J connectivity index is 1.80. The summed E-state index contributed by atoms with van der Waals surface area (Å²) in [6.07, 6.45) is 5.52. The molecule has 1 aromatic rings. The van der Waals surface area contributed by atoms with Crippen molar-refractivity contribution < 1.29 is 9.53 Å². The largest absolute Gasteiger partial charge is 0.468 e. The molecule has 0 amide bonds. The summed E-state index contributed by atoms with van der Waals surface area (Å²) >= 11 is 1.88. The van der Waals surface area contributed by atoms with Crippen molar-refractivity contribution >= 4 is 17.7 Å². The minimum atomic E-state index is -0.576. The van der Waals surface area contributed by atoms with Crippen LogP contribution in [0.4, 0.5) is 0 Å². The van der Waals surface area contributed by atoms with E-state index in [1.165, 1.54) is 42.4 Å². The number of methoxy groups -OCH3 is 1. The maximum absolute atomic E-state index is 11.8. The molecule has 1 aliphatic carbocycles. The molecule has 0 fully saturated rings. The smallest absolute Gasteiger partial charge is 0.325 e. The predicted molar refractivity (Wildman–Crippen MR) is 87.9 cm³/mol. The Morgan fingerprint density at radius 3 is 2.86 bits per heavy atom. The average Bonchev–Trinajstić information content (AvgIpc) is 2.98. The molecule has 3 nitrogen and oxygen atoms in total. The van der Waals surface area contributed by atoms with Crippen molar-refractivity contribution in [2.45, 2.75) is 49.5 Å². The highest BCUT2D eigenvalue weighted by molar-refractivity contribution is 7.99. The number of nitrogens with one attached hydrogen (secondary N) is 1. The monoisotopic (exact) mass is 307 g/mol. The van der Waals surface area contributed by atoms with Crippen LogP contribution in [0.1, 0.15) is 37.3 Å². The third kappa shape index (κ3) is 4.01. The van der Waals surface area contributed by atoms with Crippen LogP contribution < -0.4 is 5.32 Å². The van der Waals surface area contributed by atoms with Crippen LogP contribution >= 0.6 is 11.8 Å². The van der Waals surface area contributed by atoms with E-state index in [0.717, 1.165) is 18.6 Å². The van der Waals surface area contributed by atoms with Crippen molar-refractivity contribution in [3.8, 4) is 0 Å². The van der Waals surface area contributed by atoms with Crippen LogP contribution in [0.15, 0.2) is 23.1 Å². The summed E-state index contributed by atoms with van der Waals surface area (Å²) in [7, 11) is 3.25. The van der Waals surface area contributed by atoms with E-state index in [4.69, 9.17) is 4.74 Å². The lowest BCUT2D eigenvalue weighted by atomic mass is 9.97. The average molecular weight is 307 g/mol. The fourth-order valence-corrected chi connectivity index (χ4v) is 3.72. The highest BCUT2D eigenvalue weighted by atomic mass is 32.2. The molecule has 1 N–H and O–H groups in total. The van der Waals surface area contributed by atoms with E-state index in [2.05, 4.69) is 23.5 Å². The molecule has 1 atom stereocenters. The van der Waals surface area contributed by atoms with Crippen LogP contribution in [0.25, 0.3) is 0 Å². The summed E-state index contributed by atoms with van der Waals surface area (Å²) in [5.41, 5.74) is 2.47. The second kappa shape index (κ2) is 7.32. The van der Waals surface area contributed by atoms with Gasteiger partial charge in [0.05, 0.1) is 7.11 Å². The zero-order chi connectivity index (χ0) is 15.3. The molecule has 4 heteroatoms. The van der Waals surface area contributed by atoms with E-state index in [0.29, 0.717) is 0 Å². The van der Waals surface area contributed by atoms with Gasteiger partial charge in [0.15, 0.2) is 0 Å². The topological polar surface area (TPSA) is 38.3 Å². The predicted octanol–water partition coefficient (Wildman–Crippen LogP) is 3.20. The van der Waals surface area contributed by atoms with Crippen LogP contribution in [0.3, 0.4) is 0 Å². The summed E-state index contributed by atoms with van der Waals surface area (Å²) in [6, 6.07) is 6.84. The first-order chi connectivity index (χ1) is 10.1. The molecule has 0 aromatic heterocycles. The quantitative estimate of drug-likeness (QED) is 0.477. The van der Waals surface area contributed by atoms with Gasteiger partial charge < -0.3 is 10.1 Å². The van der Waals surface area contributed by atoms with E-state index >= 15 is 0 Å². The molecular formula is C17H25NO2S. The fraction of sp³-hybridized carbons (Fsp3) is 0.588. The SMILES string of the molecule is CNC(C)(CCCSc1ccc2c(c1)CCC2)C(=O)OC. The molecule has 1 aliphatic rings. The number of carbonyl (C=O) groups excluding carboxylic acids is 1. The van der Waals surface area contributed by atoms with E-state index < -0.39 is 5.54 Å². The Bertz CT molecular complexity index is 504. The van der Waals surface area contributed by atoms with E-state index in [1.807, 2.05) is 25.7 Å². The van der Waals surface area contributed by atoms with Crippen molar-refractivity contribution in [3.05, 3.63) is 29.3 Å². The highest BCUT2D eigenvalue weighted by Gasteiger charge is 2.31. The van der Waals surface area contributed by atoms with Gasteiger partial charge >= 0.3 is 5.97 Å². The van der Waals surface area contributed by atoms with Crippen molar-refractivity contribution in [1.29, 1.82) is 0 Å². The van der Waals surface area contributed by atoms with Gasteiger partial charge in [-0.3, -0.25) is 4.79 Å². The van der Waals surface area contributed by atoms with E-state index in [9.17, 15) is 4.79 Å². The first-order valence-electron chi connectivity index (χ1n) is 7.61. The number of aryl methyl sites for hydroxylation is 2. The van der Waals surface area contributed by atoms with Gasteiger partial charge in [0.1, 0.15) is 5.54 Å². The van der Waals surface area contributed by atoms with Gasteiger partial charge in [0.25, 0.3) is 0 Å². The third-order valence-corrected chi connectivity index (χ3v) is 5.43. The maximum Gasteiger partial charge on any atom is 0.325 e. The Morgan fingerprint density at radius 2 is 2.14 bits per heavy atom. The Kier molecular flexibility index (Phi) is 5.71. The molecule has 0 heterocycles. The first-order valence-corrected chi connectivity index (χ1v) is 8.59. The number of fused-ring (bicyclic) bond motifs is 1. The van der Waals surface area contributed by atoms with Crippen molar-refractivity contribution in [1.82, 2.24) is 5.32 Å². The van der Waals surface area contributed by atoms with Gasteiger partial charge in [-0.2, -0.15) is 0 Å². The Labute approximate surface area is 131 Å². The van der Waals surface area contributed by atoms with Gasteiger partial charge in [-0.15, -0.1) is 11.8 Å². The zero-order valence-corrected chi connectivity index (χ0v) is 14.0. The maximum atomic E-state index is 11.8. The minimum absolute atomic E-state index is 0.187. The van der Waals surface area contributed by atoms with Crippen LogP contribution in [0.5, 0.6) is 0 Å². The first kappa shape index (κ1) is 16.4. The number of benzene rings is 1. The van der Waals surface area contributed by atoms with Crippen LogP contribution in [0.2, 0.25) is 0 Å². The van der Waals surface area contributed by atoms with Crippen molar-refractivity contribution in [2.24, 2.45) is 0 Å². The highest BCUT2D eigenvalue weighted by Crippen LogP contribution is 2.28. The minimum Gasteiger partial charge on any atom is -0.468 e. The molecule has 1 aromatic carbocycles. The van der Waals surface area contributed by atoms with Gasteiger partial charge in [0, 0.05) is 4.90 Å². The summed E-state index contributed by atoms with van der Waals surface area (Å²) < 4.78 is 4.86. The number of esters is 1. The third-order valence-electron chi connectivity index (χ3n) is 4.35. The lowest BCUT2D eigenvalue weighted by molar-refractivity contribution is -0.148. The second-order valence-corrected chi connectivity index (χ2v) is 6.98. The normalized spacial score (nSPS) is 16.3. The Morgan fingerprint density at radius 1 is 1.38 bits per heavy atom. The summed E-state index contributed by atoms with van der Waals surface area (Å²) in [5.74, 6) is 0.833. The standard InChI is InChI=1S/C17H25NO2S/c1-17(18-2,16(19)20-3)10-5-11-21-15-9-8-13-6-4-7-14(13)12-15/h8-9,12,18H,4-7,10-11H2,1-3H3.